The Morgan fingerprint density at radius 1 is 1.50 bits per heavy atom. The van der Waals surface area contributed by atoms with Gasteiger partial charge < -0.3 is 5.32 Å². The van der Waals surface area contributed by atoms with Gasteiger partial charge in [0.15, 0.2) is 5.82 Å². The van der Waals surface area contributed by atoms with Crippen LogP contribution in [0.2, 0.25) is 5.02 Å². The van der Waals surface area contributed by atoms with Gasteiger partial charge >= 0.3 is 0 Å². The van der Waals surface area contributed by atoms with Crippen LogP contribution in [0.4, 0.5) is 11.5 Å². The van der Waals surface area contributed by atoms with Crippen molar-refractivity contribution in [3.63, 3.8) is 0 Å². The highest BCUT2D eigenvalue weighted by Gasteiger charge is 2.09. The Morgan fingerprint density at radius 3 is 3.00 bits per heavy atom. The zero-order chi connectivity index (χ0) is 11.5. The summed E-state index contributed by atoms with van der Waals surface area (Å²) in [5, 5.41) is 19.4. The number of anilines is 2. The van der Waals surface area contributed by atoms with E-state index in [-0.39, 0.29) is 0 Å². The summed E-state index contributed by atoms with van der Waals surface area (Å²) in [5.74, 6) is 0.516. The van der Waals surface area contributed by atoms with Crippen molar-refractivity contribution in [3.8, 4) is 6.07 Å². The van der Waals surface area contributed by atoms with Gasteiger partial charge in [0.1, 0.15) is 11.6 Å². The molecule has 16 heavy (non-hydrogen) atoms. The Bertz CT molecular complexity index is 553. The summed E-state index contributed by atoms with van der Waals surface area (Å²) < 4.78 is 0. The third-order valence-corrected chi connectivity index (χ3v) is 2.38. The first kappa shape index (κ1) is 10.5. The van der Waals surface area contributed by atoms with Gasteiger partial charge in [-0.2, -0.15) is 10.4 Å². The van der Waals surface area contributed by atoms with Gasteiger partial charge in [-0.15, -0.1) is 0 Å². The van der Waals surface area contributed by atoms with Crippen molar-refractivity contribution in [2.75, 3.05) is 5.32 Å². The SMILES string of the molecule is Cc1[nH]nc(Nc2cccc(Cl)c2)c1C#N. The highest BCUT2D eigenvalue weighted by atomic mass is 35.5. The molecule has 2 N–H and O–H groups in total. The molecular formula is C11H9ClN4. The van der Waals surface area contributed by atoms with Crippen LogP contribution >= 0.6 is 11.6 Å². The molecule has 1 aromatic heterocycles. The molecule has 0 unspecified atom stereocenters. The second kappa shape index (κ2) is 4.25. The molecule has 4 nitrogen and oxygen atoms in total. The first-order valence-corrected chi connectivity index (χ1v) is 5.06. The van der Waals surface area contributed by atoms with Crippen LogP contribution in [0.15, 0.2) is 24.3 Å². The van der Waals surface area contributed by atoms with E-state index in [1.165, 1.54) is 0 Å². The molecule has 5 heteroatoms. The molecule has 0 aliphatic heterocycles. The smallest absolute Gasteiger partial charge is 0.170 e. The van der Waals surface area contributed by atoms with Crippen LogP contribution in [-0.2, 0) is 0 Å². The van der Waals surface area contributed by atoms with E-state index in [2.05, 4.69) is 21.6 Å². The molecule has 0 saturated heterocycles. The molecule has 0 fully saturated rings. The summed E-state index contributed by atoms with van der Waals surface area (Å²) in [6.45, 7) is 1.80. The number of nitrogens with one attached hydrogen (secondary N) is 2. The average Bonchev–Trinajstić information content (AvgIpc) is 2.59. The Kier molecular flexibility index (Phi) is 2.80. The predicted molar refractivity (Wildman–Crippen MR) is 62.8 cm³/mol. The van der Waals surface area contributed by atoms with Crippen LogP contribution in [0.1, 0.15) is 11.3 Å². The minimum atomic E-state index is 0.514. The molecule has 0 spiro atoms. The fourth-order valence-electron chi connectivity index (χ4n) is 1.36. The summed E-state index contributed by atoms with van der Waals surface area (Å²) in [7, 11) is 0. The zero-order valence-corrected chi connectivity index (χ0v) is 9.34. The summed E-state index contributed by atoms with van der Waals surface area (Å²) in [5.41, 5.74) is 2.06. The first-order valence-electron chi connectivity index (χ1n) is 4.68. The van der Waals surface area contributed by atoms with E-state index in [0.29, 0.717) is 16.4 Å². The van der Waals surface area contributed by atoms with Crippen LogP contribution < -0.4 is 5.32 Å². The molecule has 0 aliphatic carbocycles. The minimum Gasteiger partial charge on any atom is -0.338 e. The number of aromatic nitrogens is 2. The number of nitriles is 1. The normalized spacial score (nSPS) is 9.81. The van der Waals surface area contributed by atoms with Gasteiger partial charge in [-0.05, 0) is 25.1 Å². The van der Waals surface area contributed by atoms with Crippen LogP contribution in [-0.4, -0.2) is 10.2 Å². The molecule has 0 radical (unpaired) electrons. The van der Waals surface area contributed by atoms with E-state index in [1.807, 2.05) is 12.1 Å². The van der Waals surface area contributed by atoms with Crippen LogP contribution in [0.5, 0.6) is 0 Å². The zero-order valence-electron chi connectivity index (χ0n) is 8.58. The lowest BCUT2D eigenvalue weighted by Gasteiger charge is -2.03. The van der Waals surface area contributed by atoms with Gasteiger partial charge in [-0.1, -0.05) is 17.7 Å². The molecule has 1 aromatic carbocycles. The Labute approximate surface area is 97.9 Å². The second-order valence-corrected chi connectivity index (χ2v) is 3.76. The summed E-state index contributed by atoms with van der Waals surface area (Å²) in [6.07, 6.45) is 0. The maximum Gasteiger partial charge on any atom is 0.170 e. The predicted octanol–water partition coefficient (Wildman–Crippen LogP) is 2.99. The number of nitrogens with zero attached hydrogens (tertiary/aromatic N) is 2. The van der Waals surface area contributed by atoms with E-state index in [0.717, 1.165) is 11.4 Å². The molecule has 0 amide bonds. The molecule has 1 heterocycles. The standard InChI is InChI=1S/C11H9ClN4/c1-7-10(6-13)11(16-15-7)14-9-4-2-3-8(12)5-9/h2-5H,1H3,(H2,14,15,16). The molecule has 0 aliphatic rings. The van der Waals surface area contributed by atoms with Crippen molar-refractivity contribution < 1.29 is 0 Å². The van der Waals surface area contributed by atoms with Crippen LogP contribution in [0.3, 0.4) is 0 Å². The molecular weight excluding hydrogens is 224 g/mol. The van der Waals surface area contributed by atoms with Crippen molar-refractivity contribution >= 4 is 23.1 Å². The van der Waals surface area contributed by atoms with Crippen molar-refractivity contribution in [1.29, 1.82) is 5.26 Å². The summed E-state index contributed by atoms with van der Waals surface area (Å²) >= 11 is 5.86. The number of aromatic amines is 1. The maximum absolute atomic E-state index is 8.94. The van der Waals surface area contributed by atoms with Crippen LogP contribution in [0.25, 0.3) is 0 Å². The van der Waals surface area contributed by atoms with Gasteiger partial charge in [0.25, 0.3) is 0 Å². The lowest BCUT2D eigenvalue weighted by Crippen LogP contribution is -1.92. The first-order chi connectivity index (χ1) is 7.70. The van der Waals surface area contributed by atoms with E-state index in [9.17, 15) is 0 Å². The van der Waals surface area contributed by atoms with Crippen molar-refractivity contribution in [2.45, 2.75) is 6.92 Å². The minimum absolute atomic E-state index is 0.514. The molecule has 0 saturated carbocycles. The fraction of sp³-hybridized carbons (Fsp3) is 0.0909. The Hall–Kier alpha value is -1.99. The number of aryl methyl sites for hydroxylation is 1. The molecule has 80 valence electrons. The van der Waals surface area contributed by atoms with Gasteiger partial charge in [0, 0.05) is 10.7 Å². The maximum atomic E-state index is 8.94. The lowest BCUT2D eigenvalue weighted by molar-refractivity contribution is 1.05. The number of H-pyrrole nitrogens is 1. The number of rotatable bonds is 2. The fourth-order valence-corrected chi connectivity index (χ4v) is 1.55. The van der Waals surface area contributed by atoms with Crippen molar-refractivity contribution in [1.82, 2.24) is 10.2 Å². The van der Waals surface area contributed by atoms with E-state index in [1.54, 1.807) is 19.1 Å². The summed E-state index contributed by atoms with van der Waals surface area (Å²) in [6, 6.07) is 9.33. The monoisotopic (exact) mass is 232 g/mol. The Morgan fingerprint density at radius 2 is 2.31 bits per heavy atom. The second-order valence-electron chi connectivity index (χ2n) is 3.32. The van der Waals surface area contributed by atoms with Gasteiger partial charge in [0.05, 0.1) is 5.69 Å². The Balaban J connectivity index is 2.31. The van der Waals surface area contributed by atoms with Crippen molar-refractivity contribution in [2.24, 2.45) is 0 Å². The average molecular weight is 233 g/mol. The molecule has 0 atom stereocenters. The number of halogens is 1. The van der Waals surface area contributed by atoms with E-state index in [4.69, 9.17) is 16.9 Å². The van der Waals surface area contributed by atoms with Gasteiger partial charge in [-0.3, -0.25) is 5.10 Å². The highest BCUT2D eigenvalue weighted by Crippen LogP contribution is 2.22. The highest BCUT2D eigenvalue weighted by molar-refractivity contribution is 6.30. The van der Waals surface area contributed by atoms with Crippen LogP contribution in [0, 0.1) is 18.3 Å². The third kappa shape index (κ3) is 2.00. The van der Waals surface area contributed by atoms with Gasteiger partial charge in [-0.25, -0.2) is 0 Å². The lowest BCUT2D eigenvalue weighted by atomic mass is 10.2. The van der Waals surface area contributed by atoms with Gasteiger partial charge in [0.2, 0.25) is 0 Å². The number of benzene rings is 1. The molecule has 0 bridgehead atoms. The quantitative estimate of drug-likeness (QED) is 0.837. The molecule has 2 rings (SSSR count). The van der Waals surface area contributed by atoms with Crippen molar-refractivity contribution in [3.05, 3.63) is 40.5 Å². The number of hydrogen-bond donors (Lipinski definition) is 2. The largest absolute Gasteiger partial charge is 0.338 e. The number of hydrogen-bond acceptors (Lipinski definition) is 3. The summed E-state index contributed by atoms with van der Waals surface area (Å²) in [4.78, 5) is 0. The topological polar surface area (TPSA) is 64.5 Å². The molecule has 2 aromatic rings. The third-order valence-electron chi connectivity index (χ3n) is 2.15. The van der Waals surface area contributed by atoms with E-state index < -0.39 is 0 Å². The van der Waals surface area contributed by atoms with E-state index >= 15 is 0 Å².